The van der Waals surface area contributed by atoms with Gasteiger partial charge in [0.25, 0.3) is 0 Å². The molecule has 398 valence electrons. The molecule has 0 unspecified atom stereocenters. The van der Waals surface area contributed by atoms with Gasteiger partial charge in [-0.3, -0.25) is 59.7 Å². The summed E-state index contributed by atoms with van der Waals surface area (Å²) in [5, 5.41) is 0. The van der Waals surface area contributed by atoms with Gasteiger partial charge in [-0.25, -0.2) is 0 Å². The Morgan fingerprint density at radius 2 is 0.297 bits per heavy atom. The lowest BCUT2D eigenvalue weighted by molar-refractivity contribution is 0.297. The van der Waals surface area contributed by atoms with Crippen LogP contribution in [0.1, 0.15) is 0 Å². The van der Waals surface area contributed by atoms with Crippen molar-refractivity contribution in [2.45, 2.75) is 0 Å². The third-order valence-corrected chi connectivity index (χ3v) is 21.2. The Balaban J connectivity index is -0.000000118. The van der Waals surface area contributed by atoms with Crippen LogP contribution in [0.4, 0.5) is 0 Å². The minimum Gasteiger partial charge on any atom is -0.329 e. The van der Waals surface area contributed by atoms with Crippen molar-refractivity contribution in [2.75, 3.05) is 74.7 Å². The minimum absolute atomic E-state index is 0.681. The van der Waals surface area contributed by atoms with Crippen molar-refractivity contribution in [3.63, 3.8) is 0 Å². The second kappa shape index (κ2) is 33.3. The van der Waals surface area contributed by atoms with Crippen LogP contribution in [0.3, 0.4) is 0 Å². The minimum atomic E-state index is -4.55. The molecule has 0 saturated heterocycles. The van der Waals surface area contributed by atoms with Crippen LogP contribution in [0.25, 0.3) is 0 Å². The van der Waals surface area contributed by atoms with E-state index in [1.807, 2.05) is 0 Å². The second-order valence-electron chi connectivity index (χ2n) is 11.0. The van der Waals surface area contributed by atoms with Crippen molar-refractivity contribution in [3.8, 4) is 0 Å². The molecule has 0 spiro atoms. The Morgan fingerprint density at radius 3 is 0.328 bits per heavy atom. The van der Waals surface area contributed by atoms with E-state index in [2.05, 4.69) is 4.90 Å². The quantitative estimate of drug-likeness (QED) is 0.0568. The van der Waals surface area contributed by atoms with Crippen LogP contribution >= 0.6 is 91.1 Å². The first-order valence-corrected chi connectivity index (χ1v) is 36.0. The first-order valence-electron chi connectivity index (χ1n) is 14.5. The SMILES string of the molecule is NCCN(CCN)CCN.O=P(O)(O)CP(=O)(O)O.O=P(O)(O)CP(=O)(O)O.O=P(O)(O)CP(=O)(O)O.O=P(O)(O)CP(=O)(O)O.O=P(O)(O)CP(=O)(O)O.O=P(O)(O)CP(=O)(O)O. The van der Waals surface area contributed by atoms with Gasteiger partial charge < -0.3 is 135 Å². The number of hydrogen-bond acceptors (Lipinski definition) is 16. The van der Waals surface area contributed by atoms with Gasteiger partial charge in [0.2, 0.25) is 0 Å². The summed E-state index contributed by atoms with van der Waals surface area (Å²) in [6.45, 7) is 4.73. The van der Waals surface area contributed by atoms with Crippen LogP contribution in [-0.4, -0.2) is 197 Å². The van der Waals surface area contributed by atoms with Crippen molar-refractivity contribution in [2.24, 2.45) is 17.2 Å². The lowest BCUT2D eigenvalue weighted by Crippen LogP contribution is -2.37. The molecular formula is C12H54N4O36P12. The predicted molar refractivity (Wildman–Crippen MR) is 217 cm³/mol. The van der Waals surface area contributed by atoms with E-state index in [4.69, 9.17) is 135 Å². The van der Waals surface area contributed by atoms with Crippen molar-refractivity contribution < 1.29 is 172 Å². The molecule has 30 N–H and O–H groups in total. The van der Waals surface area contributed by atoms with Gasteiger partial charge in [0.05, 0.1) is 0 Å². The Morgan fingerprint density at radius 1 is 0.219 bits per heavy atom. The summed E-state index contributed by atoms with van der Waals surface area (Å²) >= 11 is 0. The van der Waals surface area contributed by atoms with E-state index in [-0.39, 0.29) is 0 Å². The van der Waals surface area contributed by atoms with Gasteiger partial charge in [-0.15, -0.1) is 0 Å². The van der Waals surface area contributed by atoms with Crippen LogP contribution in [0.15, 0.2) is 0 Å². The van der Waals surface area contributed by atoms with Crippen LogP contribution in [-0.2, 0) is 54.8 Å². The summed E-state index contributed by atoms with van der Waals surface area (Å²) in [5.74, 6) is -8.25. The lowest BCUT2D eigenvalue weighted by Gasteiger charge is -2.18. The average molecular weight is 1200 g/mol. The topological polar surface area (TPSA) is 772 Å². The number of hydrogen-bond donors (Lipinski definition) is 27. The average Bonchev–Trinajstić information content (AvgIpc) is 2.78. The third kappa shape index (κ3) is 115. The fourth-order valence-electron chi connectivity index (χ4n) is 2.32. The van der Waals surface area contributed by atoms with Crippen LogP contribution in [0.5, 0.6) is 0 Å². The van der Waals surface area contributed by atoms with Crippen molar-refractivity contribution >= 4 is 91.1 Å². The van der Waals surface area contributed by atoms with E-state index in [0.717, 1.165) is 19.6 Å². The number of nitrogens with two attached hydrogens (primary N) is 3. The van der Waals surface area contributed by atoms with Crippen LogP contribution in [0.2, 0.25) is 0 Å². The van der Waals surface area contributed by atoms with Crippen molar-refractivity contribution in [1.29, 1.82) is 0 Å². The van der Waals surface area contributed by atoms with E-state index in [1.54, 1.807) is 0 Å². The molecule has 0 rings (SSSR count). The molecule has 52 heteroatoms. The summed E-state index contributed by atoms with van der Waals surface area (Å²) in [6.07, 6.45) is 0. The summed E-state index contributed by atoms with van der Waals surface area (Å²) < 4.78 is 118. The van der Waals surface area contributed by atoms with Crippen molar-refractivity contribution in [3.05, 3.63) is 0 Å². The van der Waals surface area contributed by atoms with Gasteiger partial charge in [0.1, 0.15) is 0 Å². The maximum absolute atomic E-state index is 9.85. The highest BCUT2D eigenvalue weighted by molar-refractivity contribution is 7.71. The molecule has 64 heavy (non-hydrogen) atoms. The van der Waals surface area contributed by atoms with E-state index < -0.39 is 127 Å². The zero-order valence-corrected chi connectivity index (χ0v) is 42.4. The highest BCUT2D eigenvalue weighted by Crippen LogP contribution is 2.54. The lowest BCUT2D eigenvalue weighted by atomic mass is 10.4. The maximum Gasteiger partial charge on any atom is 0.337 e. The molecule has 0 fully saturated rings. The fraction of sp³-hybridized carbons (Fsp3) is 1.00. The molecule has 0 aromatic rings. The van der Waals surface area contributed by atoms with E-state index in [1.165, 1.54) is 0 Å². The Bertz CT molecular complexity index is 1410. The van der Waals surface area contributed by atoms with Crippen molar-refractivity contribution in [1.82, 2.24) is 4.90 Å². The number of nitrogens with zero attached hydrogens (tertiary/aromatic N) is 1. The van der Waals surface area contributed by atoms with E-state index in [0.29, 0.717) is 19.6 Å². The molecule has 0 aliphatic rings. The summed E-state index contributed by atoms with van der Waals surface area (Å²) in [4.78, 5) is 193. The molecule has 0 radical (unpaired) electrons. The van der Waals surface area contributed by atoms with E-state index >= 15 is 0 Å². The molecule has 0 aliphatic carbocycles. The van der Waals surface area contributed by atoms with Crippen LogP contribution in [0, 0.1) is 0 Å². The zero-order valence-electron chi connectivity index (χ0n) is 31.7. The molecule has 0 heterocycles. The highest BCUT2D eigenvalue weighted by atomic mass is 31.3. The predicted octanol–water partition coefficient (Wildman–Crippen LogP) is -6.04. The normalized spacial score (nSPS) is 13.3. The Hall–Kier alpha value is 1.64. The molecule has 0 amide bonds. The largest absolute Gasteiger partial charge is 0.337 e. The molecule has 0 aromatic carbocycles. The highest BCUT2D eigenvalue weighted by Gasteiger charge is 2.30. The molecule has 0 aliphatic heterocycles. The number of rotatable bonds is 18. The molecule has 0 bridgehead atoms. The van der Waals surface area contributed by atoms with Gasteiger partial charge in [-0.1, -0.05) is 0 Å². The first kappa shape index (κ1) is 79.8. The monoisotopic (exact) mass is 1200 g/mol. The first-order chi connectivity index (χ1) is 27.1. The summed E-state index contributed by atoms with van der Waals surface area (Å²) in [7, 11) is -54.6. The summed E-state index contributed by atoms with van der Waals surface area (Å²) in [6, 6.07) is 0. The molecule has 0 aromatic heterocycles. The van der Waals surface area contributed by atoms with Gasteiger partial charge >= 0.3 is 91.1 Å². The second-order valence-corrected chi connectivity index (χ2v) is 33.8. The molecule has 0 atom stereocenters. The third-order valence-electron chi connectivity index (χ3n) is 3.55. The Kier molecular flexibility index (Phi) is 41.5. The zero-order chi connectivity index (χ0) is 54.1. The fourth-order valence-corrected chi connectivity index (χ4v) is 13.8. The van der Waals surface area contributed by atoms with Gasteiger partial charge in [-0.05, 0) is 0 Å². The van der Waals surface area contributed by atoms with Gasteiger partial charge in [0.15, 0.2) is 35.4 Å². The van der Waals surface area contributed by atoms with Gasteiger partial charge in [-0.2, -0.15) is 0 Å². The molecule has 0 saturated carbocycles. The molecule has 40 nitrogen and oxygen atoms in total. The van der Waals surface area contributed by atoms with Gasteiger partial charge in [0, 0.05) is 39.3 Å². The molecular weight excluding hydrogens is 1150 g/mol. The Labute approximate surface area is 359 Å². The maximum atomic E-state index is 9.85. The summed E-state index contributed by atoms with van der Waals surface area (Å²) in [5.41, 5.74) is 16.1. The standard InChI is InChI=1S/C6H18N4.6CH6O6P2/c7-1-4-10(5-2-8)6-3-9;6*2-8(3,4)1-9(5,6)7/h1-9H2;6*1H2,(H2,2,3,4)(H2,5,6,7). The van der Waals surface area contributed by atoms with E-state index in [9.17, 15) is 54.8 Å². The smallest absolute Gasteiger partial charge is 0.329 e. The van der Waals surface area contributed by atoms with Crippen LogP contribution < -0.4 is 17.2 Å².